The molecule has 0 aromatic carbocycles. The van der Waals surface area contributed by atoms with E-state index < -0.39 is 5.60 Å². The molecule has 0 heterocycles. The van der Waals surface area contributed by atoms with Gasteiger partial charge in [0.25, 0.3) is 0 Å². The quantitative estimate of drug-likeness (QED) is 0.643. The highest BCUT2D eigenvalue weighted by atomic mass is 16.3. The zero-order valence-corrected chi connectivity index (χ0v) is 7.65. The molecule has 0 bridgehead atoms. The minimum Gasteiger partial charge on any atom is -0.390 e. The maximum atomic E-state index is 9.62. The van der Waals surface area contributed by atoms with Crippen molar-refractivity contribution in [3.8, 4) is 0 Å². The van der Waals surface area contributed by atoms with Crippen LogP contribution in [0.4, 0.5) is 0 Å². The van der Waals surface area contributed by atoms with Crippen LogP contribution < -0.4 is 0 Å². The third-order valence-corrected chi connectivity index (χ3v) is 2.25. The van der Waals surface area contributed by atoms with E-state index in [1.165, 1.54) is 0 Å². The summed E-state index contributed by atoms with van der Waals surface area (Å²) in [6.45, 7) is 8.29. The van der Waals surface area contributed by atoms with Gasteiger partial charge >= 0.3 is 0 Å². The van der Waals surface area contributed by atoms with Crippen molar-refractivity contribution in [3.05, 3.63) is 0 Å². The van der Waals surface area contributed by atoms with Crippen LogP contribution in [0.3, 0.4) is 0 Å². The predicted octanol–water partition coefficient (Wildman–Crippen LogP) is 2.58. The van der Waals surface area contributed by atoms with Crippen molar-refractivity contribution in [1.82, 2.24) is 0 Å². The molecule has 0 rings (SSSR count). The van der Waals surface area contributed by atoms with Gasteiger partial charge in [0.15, 0.2) is 0 Å². The molecule has 0 aromatic heterocycles. The Bertz CT molecular complexity index is 86.7. The Balaban J connectivity index is 3.64. The molecule has 0 radical (unpaired) electrons. The fourth-order valence-electron chi connectivity index (χ4n) is 1.04. The largest absolute Gasteiger partial charge is 0.390 e. The molecule has 0 saturated heterocycles. The average Bonchev–Trinajstić information content (AvgIpc) is 1.87. The molecule has 62 valence electrons. The van der Waals surface area contributed by atoms with Crippen molar-refractivity contribution in [2.75, 3.05) is 0 Å². The fourth-order valence-corrected chi connectivity index (χ4v) is 1.04. The van der Waals surface area contributed by atoms with Gasteiger partial charge in [-0.15, -0.1) is 0 Å². The molecule has 0 aliphatic carbocycles. The van der Waals surface area contributed by atoms with E-state index in [0.29, 0.717) is 5.92 Å². The first-order valence-electron chi connectivity index (χ1n) is 4.24. The molecule has 1 heteroatoms. The Morgan fingerprint density at radius 1 is 1.40 bits per heavy atom. The van der Waals surface area contributed by atoms with Gasteiger partial charge < -0.3 is 5.11 Å². The topological polar surface area (TPSA) is 20.2 Å². The van der Waals surface area contributed by atoms with Crippen LogP contribution in [0.5, 0.6) is 0 Å². The van der Waals surface area contributed by atoms with Crippen molar-refractivity contribution in [2.24, 2.45) is 5.92 Å². The smallest absolute Gasteiger partial charge is 0.0619 e. The molecule has 0 spiro atoms. The molecule has 0 saturated carbocycles. The maximum absolute atomic E-state index is 9.62. The standard InChI is InChI=1S/C9H20O/c1-5-8(3)7-9(4,10)6-2/h8,10H,5-7H2,1-4H3/t8-,9+/m1/s1. The molecular weight excluding hydrogens is 124 g/mol. The summed E-state index contributed by atoms with van der Waals surface area (Å²) in [6.07, 6.45) is 2.95. The molecule has 2 atom stereocenters. The molecular formula is C9H20O. The highest BCUT2D eigenvalue weighted by molar-refractivity contribution is 4.72. The Hall–Kier alpha value is -0.0400. The monoisotopic (exact) mass is 144 g/mol. The third-order valence-electron chi connectivity index (χ3n) is 2.25. The van der Waals surface area contributed by atoms with E-state index in [1.54, 1.807) is 0 Å². The van der Waals surface area contributed by atoms with Gasteiger partial charge in [0, 0.05) is 0 Å². The van der Waals surface area contributed by atoms with Crippen molar-refractivity contribution in [3.63, 3.8) is 0 Å². The Morgan fingerprint density at radius 2 is 1.90 bits per heavy atom. The summed E-state index contributed by atoms with van der Waals surface area (Å²) in [4.78, 5) is 0. The molecule has 0 amide bonds. The highest BCUT2D eigenvalue weighted by Gasteiger charge is 2.19. The molecule has 0 unspecified atom stereocenters. The molecule has 1 N–H and O–H groups in total. The SMILES string of the molecule is CC[C@@H](C)C[C@@](C)(O)CC. The van der Waals surface area contributed by atoms with Crippen LogP contribution >= 0.6 is 0 Å². The second-order valence-corrected chi connectivity index (χ2v) is 3.57. The van der Waals surface area contributed by atoms with Crippen LogP contribution in [0, 0.1) is 5.92 Å². The van der Waals surface area contributed by atoms with Crippen LogP contribution in [0.1, 0.15) is 47.0 Å². The van der Waals surface area contributed by atoms with Gasteiger partial charge in [-0.1, -0.05) is 27.2 Å². The lowest BCUT2D eigenvalue weighted by atomic mass is 9.90. The van der Waals surface area contributed by atoms with Crippen molar-refractivity contribution in [2.45, 2.75) is 52.6 Å². The summed E-state index contributed by atoms with van der Waals surface area (Å²) in [5.41, 5.74) is -0.435. The zero-order valence-electron chi connectivity index (χ0n) is 7.65. The van der Waals surface area contributed by atoms with Gasteiger partial charge in [0.1, 0.15) is 0 Å². The number of aliphatic hydroxyl groups is 1. The van der Waals surface area contributed by atoms with Crippen molar-refractivity contribution < 1.29 is 5.11 Å². The molecule has 0 aliphatic heterocycles. The molecule has 1 nitrogen and oxygen atoms in total. The normalized spacial score (nSPS) is 20.1. The fraction of sp³-hybridized carbons (Fsp3) is 1.00. The van der Waals surface area contributed by atoms with Crippen molar-refractivity contribution in [1.29, 1.82) is 0 Å². The second kappa shape index (κ2) is 3.97. The number of hydrogen-bond donors (Lipinski definition) is 1. The van der Waals surface area contributed by atoms with E-state index >= 15 is 0 Å². The maximum Gasteiger partial charge on any atom is 0.0619 e. The average molecular weight is 144 g/mol. The summed E-state index contributed by atoms with van der Waals surface area (Å²) >= 11 is 0. The van der Waals surface area contributed by atoms with Gasteiger partial charge in [-0.2, -0.15) is 0 Å². The van der Waals surface area contributed by atoms with Crippen LogP contribution in [-0.2, 0) is 0 Å². The number of rotatable bonds is 4. The Morgan fingerprint density at radius 3 is 2.20 bits per heavy atom. The molecule has 0 fully saturated rings. The van der Waals surface area contributed by atoms with Crippen LogP contribution in [0.25, 0.3) is 0 Å². The molecule has 10 heavy (non-hydrogen) atoms. The van der Waals surface area contributed by atoms with Crippen molar-refractivity contribution >= 4 is 0 Å². The summed E-state index contributed by atoms with van der Waals surface area (Å²) in [6, 6.07) is 0. The lowest BCUT2D eigenvalue weighted by Crippen LogP contribution is -2.25. The molecule has 0 aliphatic rings. The van der Waals surface area contributed by atoms with Gasteiger partial charge in [-0.05, 0) is 25.7 Å². The summed E-state index contributed by atoms with van der Waals surface area (Å²) < 4.78 is 0. The van der Waals surface area contributed by atoms with Gasteiger partial charge in [0.2, 0.25) is 0 Å². The van der Waals surface area contributed by atoms with Gasteiger partial charge in [-0.25, -0.2) is 0 Å². The zero-order chi connectivity index (χ0) is 8.20. The van der Waals surface area contributed by atoms with Crippen LogP contribution in [-0.4, -0.2) is 10.7 Å². The van der Waals surface area contributed by atoms with Gasteiger partial charge in [-0.3, -0.25) is 0 Å². The van der Waals surface area contributed by atoms with E-state index in [1.807, 2.05) is 13.8 Å². The van der Waals surface area contributed by atoms with E-state index in [-0.39, 0.29) is 0 Å². The lowest BCUT2D eigenvalue weighted by Gasteiger charge is -2.24. The van der Waals surface area contributed by atoms with E-state index in [2.05, 4.69) is 13.8 Å². The van der Waals surface area contributed by atoms with Crippen LogP contribution in [0.15, 0.2) is 0 Å². The first kappa shape index (κ1) is 9.96. The highest BCUT2D eigenvalue weighted by Crippen LogP contribution is 2.21. The Kier molecular flexibility index (Phi) is 3.95. The Labute approximate surface area is 64.5 Å². The number of hydrogen-bond acceptors (Lipinski definition) is 1. The van der Waals surface area contributed by atoms with E-state index in [0.717, 1.165) is 19.3 Å². The summed E-state index contributed by atoms with van der Waals surface area (Å²) in [5.74, 6) is 0.648. The summed E-state index contributed by atoms with van der Waals surface area (Å²) in [5, 5.41) is 9.62. The first-order chi connectivity index (χ1) is 4.52. The minimum atomic E-state index is -0.435. The second-order valence-electron chi connectivity index (χ2n) is 3.57. The van der Waals surface area contributed by atoms with Crippen LogP contribution in [0.2, 0.25) is 0 Å². The van der Waals surface area contributed by atoms with Gasteiger partial charge in [0.05, 0.1) is 5.60 Å². The third kappa shape index (κ3) is 3.89. The minimum absolute atomic E-state index is 0.435. The molecule has 0 aromatic rings. The van der Waals surface area contributed by atoms with E-state index in [4.69, 9.17) is 0 Å². The predicted molar refractivity (Wildman–Crippen MR) is 45.0 cm³/mol. The summed E-state index contributed by atoms with van der Waals surface area (Å²) in [7, 11) is 0. The van der Waals surface area contributed by atoms with E-state index in [9.17, 15) is 5.11 Å². The lowest BCUT2D eigenvalue weighted by molar-refractivity contribution is 0.0319. The first-order valence-corrected chi connectivity index (χ1v) is 4.24.